The number of aliphatic hydroxyl groups is 1. The predicted molar refractivity (Wildman–Crippen MR) is 64.5 cm³/mol. The molecular weight excluding hydrogens is 202 g/mol. The van der Waals surface area contributed by atoms with E-state index in [1.165, 1.54) is 38.8 Å². The number of hydrogen-bond donors (Lipinski definition) is 1. The maximum atomic E-state index is 10.4. The van der Waals surface area contributed by atoms with Gasteiger partial charge in [0.15, 0.2) is 0 Å². The first-order valence-electron chi connectivity index (χ1n) is 6.80. The zero-order valence-corrected chi connectivity index (χ0v) is 10.5. The van der Waals surface area contributed by atoms with Crippen LogP contribution in [-0.2, 0) is 4.74 Å². The lowest BCUT2D eigenvalue weighted by atomic mass is 9.88. The molecule has 94 valence electrons. The molecule has 0 amide bonds. The minimum absolute atomic E-state index is 0.0473. The van der Waals surface area contributed by atoms with Crippen LogP contribution in [0.2, 0.25) is 0 Å². The van der Waals surface area contributed by atoms with Gasteiger partial charge in [0.2, 0.25) is 0 Å². The van der Waals surface area contributed by atoms with Crippen LogP contribution < -0.4 is 0 Å². The van der Waals surface area contributed by atoms with E-state index >= 15 is 0 Å². The summed E-state index contributed by atoms with van der Waals surface area (Å²) in [6.45, 7) is 5.54. The Hall–Kier alpha value is -0.120. The molecule has 3 nitrogen and oxygen atoms in total. The van der Waals surface area contributed by atoms with Crippen molar-refractivity contribution < 1.29 is 9.84 Å². The molecule has 1 saturated carbocycles. The Labute approximate surface area is 98.8 Å². The number of hydrogen-bond acceptors (Lipinski definition) is 3. The van der Waals surface area contributed by atoms with Gasteiger partial charge in [-0.1, -0.05) is 12.8 Å². The monoisotopic (exact) mass is 227 g/mol. The maximum absolute atomic E-state index is 10.4. The molecule has 2 aliphatic rings. The first kappa shape index (κ1) is 12.3. The molecule has 3 heteroatoms. The van der Waals surface area contributed by atoms with E-state index in [1.54, 1.807) is 0 Å². The third kappa shape index (κ3) is 2.27. The topological polar surface area (TPSA) is 32.7 Å². The molecule has 1 heterocycles. The number of likely N-dealkylation sites (tertiary alicyclic amines) is 1. The van der Waals surface area contributed by atoms with Crippen LogP contribution in [0.3, 0.4) is 0 Å². The van der Waals surface area contributed by atoms with Crippen molar-refractivity contribution in [2.24, 2.45) is 0 Å². The second kappa shape index (κ2) is 5.48. The Morgan fingerprint density at radius 1 is 1.19 bits per heavy atom. The molecule has 2 rings (SSSR count). The van der Waals surface area contributed by atoms with Gasteiger partial charge in [0.1, 0.15) is 0 Å². The smallest absolute Gasteiger partial charge is 0.0956 e. The summed E-state index contributed by atoms with van der Waals surface area (Å²) in [4.78, 5) is 2.53. The van der Waals surface area contributed by atoms with Crippen LogP contribution in [0.4, 0.5) is 0 Å². The third-order valence-electron chi connectivity index (χ3n) is 4.31. The molecule has 1 atom stereocenters. The Morgan fingerprint density at radius 2 is 1.81 bits per heavy atom. The van der Waals surface area contributed by atoms with Crippen molar-refractivity contribution in [3.8, 4) is 0 Å². The third-order valence-corrected chi connectivity index (χ3v) is 4.31. The molecule has 1 aliphatic heterocycles. The van der Waals surface area contributed by atoms with Crippen LogP contribution in [0, 0.1) is 0 Å². The Morgan fingerprint density at radius 3 is 2.38 bits per heavy atom. The van der Waals surface area contributed by atoms with Gasteiger partial charge in [0.05, 0.1) is 12.7 Å². The van der Waals surface area contributed by atoms with Gasteiger partial charge < -0.3 is 9.84 Å². The Bertz CT molecular complexity index is 208. The van der Waals surface area contributed by atoms with Crippen molar-refractivity contribution in [2.45, 2.75) is 57.1 Å². The highest BCUT2D eigenvalue weighted by Gasteiger charge is 2.45. The molecule has 0 radical (unpaired) electrons. The van der Waals surface area contributed by atoms with Gasteiger partial charge in [-0.15, -0.1) is 0 Å². The quantitative estimate of drug-likeness (QED) is 0.777. The van der Waals surface area contributed by atoms with Gasteiger partial charge in [-0.25, -0.2) is 0 Å². The minimum Gasteiger partial charge on any atom is -0.389 e. The van der Waals surface area contributed by atoms with E-state index in [9.17, 15) is 5.11 Å². The SMILES string of the molecule is CCOCC(O)C1(N2CCCC2)CCCC1. The largest absolute Gasteiger partial charge is 0.389 e. The average molecular weight is 227 g/mol. The summed E-state index contributed by atoms with van der Waals surface area (Å²) >= 11 is 0. The summed E-state index contributed by atoms with van der Waals surface area (Å²) in [5, 5.41) is 10.4. The zero-order valence-electron chi connectivity index (χ0n) is 10.5. The fourth-order valence-electron chi connectivity index (χ4n) is 3.39. The van der Waals surface area contributed by atoms with Crippen molar-refractivity contribution in [1.82, 2.24) is 4.90 Å². The molecule has 0 aromatic heterocycles. The van der Waals surface area contributed by atoms with Gasteiger partial charge in [-0.3, -0.25) is 4.90 Å². The summed E-state index contributed by atoms with van der Waals surface area (Å²) in [6, 6.07) is 0. The molecule has 1 saturated heterocycles. The van der Waals surface area contributed by atoms with Crippen LogP contribution in [0.25, 0.3) is 0 Å². The van der Waals surface area contributed by atoms with Crippen molar-refractivity contribution in [2.75, 3.05) is 26.3 Å². The van der Waals surface area contributed by atoms with Gasteiger partial charge in [0.25, 0.3) is 0 Å². The second-order valence-corrected chi connectivity index (χ2v) is 5.18. The highest BCUT2D eigenvalue weighted by atomic mass is 16.5. The lowest BCUT2D eigenvalue weighted by Gasteiger charge is -2.42. The number of aliphatic hydroxyl groups excluding tert-OH is 1. The molecule has 0 aromatic carbocycles. The van der Waals surface area contributed by atoms with Crippen LogP contribution in [0.5, 0.6) is 0 Å². The molecule has 1 N–H and O–H groups in total. The maximum Gasteiger partial charge on any atom is 0.0956 e. The molecule has 0 aromatic rings. The zero-order chi connectivity index (χ0) is 11.4. The molecule has 0 bridgehead atoms. The molecule has 1 unspecified atom stereocenters. The van der Waals surface area contributed by atoms with E-state index in [2.05, 4.69) is 4.90 Å². The van der Waals surface area contributed by atoms with E-state index in [1.807, 2.05) is 6.92 Å². The minimum atomic E-state index is -0.298. The van der Waals surface area contributed by atoms with Gasteiger partial charge >= 0.3 is 0 Å². The van der Waals surface area contributed by atoms with E-state index in [4.69, 9.17) is 4.74 Å². The van der Waals surface area contributed by atoms with Crippen molar-refractivity contribution in [3.05, 3.63) is 0 Å². The van der Waals surface area contributed by atoms with Crippen LogP contribution in [0.15, 0.2) is 0 Å². The molecule has 0 spiro atoms. The summed E-state index contributed by atoms with van der Waals surface area (Å²) in [7, 11) is 0. The fourth-order valence-corrected chi connectivity index (χ4v) is 3.39. The standard InChI is InChI=1S/C13H25NO2/c1-2-16-11-12(15)13(7-3-4-8-13)14-9-5-6-10-14/h12,15H,2-11H2,1H3. The Balaban J connectivity index is 2.01. The van der Waals surface area contributed by atoms with Crippen LogP contribution in [-0.4, -0.2) is 48.0 Å². The van der Waals surface area contributed by atoms with E-state index in [0.717, 1.165) is 12.8 Å². The Kier molecular flexibility index (Phi) is 4.22. The summed E-state index contributed by atoms with van der Waals surface area (Å²) in [6.07, 6.45) is 7.13. The van der Waals surface area contributed by atoms with Crippen molar-refractivity contribution in [1.29, 1.82) is 0 Å². The molecule has 1 aliphatic carbocycles. The van der Waals surface area contributed by atoms with Crippen LogP contribution in [0.1, 0.15) is 45.4 Å². The fraction of sp³-hybridized carbons (Fsp3) is 1.00. The lowest BCUT2D eigenvalue weighted by molar-refractivity contribution is -0.0619. The van der Waals surface area contributed by atoms with E-state index < -0.39 is 0 Å². The molecule has 16 heavy (non-hydrogen) atoms. The van der Waals surface area contributed by atoms with Crippen LogP contribution >= 0.6 is 0 Å². The number of nitrogens with zero attached hydrogens (tertiary/aromatic N) is 1. The van der Waals surface area contributed by atoms with Gasteiger partial charge in [-0.2, -0.15) is 0 Å². The van der Waals surface area contributed by atoms with Gasteiger partial charge in [-0.05, 0) is 45.7 Å². The number of ether oxygens (including phenoxy) is 1. The van der Waals surface area contributed by atoms with Crippen molar-refractivity contribution >= 4 is 0 Å². The predicted octanol–water partition coefficient (Wildman–Crippen LogP) is 1.79. The highest BCUT2D eigenvalue weighted by Crippen LogP contribution is 2.40. The van der Waals surface area contributed by atoms with Crippen molar-refractivity contribution in [3.63, 3.8) is 0 Å². The summed E-state index contributed by atoms with van der Waals surface area (Å²) in [5.74, 6) is 0. The summed E-state index contributed by atoms with van der Waals surface area (Å²) in [5.41, 5.74) is 0.0473. The van der Waals surface area contributed by atoms with E-state index in [-0.39, 0.29) is 11.6 Å². The molecule has 2 fully saturated rings. The lowest BCUT2D eigenvalue weighted by Crippen LogP contribution is -2.55. The van der Waals surface area contributed by atoms with Gasteiger partial charge in [0, 0.05) is 12.1 Å². The normalized spacial score (nSPS) is 27.4. The molecular formula is C13H25NO2. The average Bonchev–Trinajstić information content (AvgIpc) is 2.95. The second-order valence-electron chi connectivity index (χ2n) is 5.18. The first-order valence-corrected chi connectivity index (χ1v) is 6.80. The first-order chi connectivity index (χ1) is 7.79. The highest BCUT2D eigenvalue weighted by molar-refractivity contribution is 5.01. The van der Waals surface area contributed by atoms with E-state index in [0.29, 0.717) is 13.2 Å². The number of rotatable bonds is 5. The summed E-state index contributed by atoms with van der Waals surface area (Å²) < 4.78 is 5.42.